The van der Waals surface area contributed by atoms with Crippen LogP contribution in [-0.4, -0.2) is 4.98 Å². The van der Waals surface area contributed by atoms with Gasteiger partial charge >= 0.3 is 0 Å². The first-order valence-corrected chi connectivity index (χ1v) is 9.03. The van der Waals surface area contributed by atoms with Crippen LogP contribution < -0.4 is 0 Å². The predicted octanol–water partition coefficient (Wildman–Crippen LogP) is 7.00. The van der Waals surface area contributed by atoms with E-state index in [0.717, 1.165) is 16.8 Å². The zero-order chi connectivity index (χ0) is 18.3. The Morgan fingerprint density at radius 2 is 1.50 bits per heavy atom. The van der Waals surface area contributed by atoms with Crippen LogP contribution in [0.4, 0.5) is 0 Å². The van der Waals surface area contributed by atoms with Crippen molar-refractivity contribution in [2.75, 3.05) is 0 Å². The van der Waals surface area contributed by atoms with Crippen molar-refractivity contribution in [1.29, 1.82) is 0 Å². The molecule has 0 N–H and O–H groups in total. The number of nitrogens with zero attached hydrogens (tertiary/aromatic N) is 1. The predicted molar refractivity (Wildman–Crippen MR) is 113 cm³/mol. The molecule has 0 aliphatic heterocycles. The van der Waals surface area contributed by atoms with Crippen LogP contribution in [0, 0.1) is 0 Å². The molecule has 0 spiro atoms. The highest BCUT2D eigenvalue weighted by molar-refractivity contribution is 6.12. The van der Waals surface area contributed by atoms with E-state index in [9.17, 15) is 0 Å². The van der Waals surface area contributed by atoms with E-state index in [0.29, 0.717) is 0 Å². The lowest BCUT2D eigenvalue weighted by Crippen LogP contribution is -2.11. The topological polar surface area (TPSA) is 12.9 Å². The number of benzene rings is 3. The Balaban J connectivity index is 2.08. The van der Waals surface area contributed by atoms with Gasteiger partial charge in [-0.05, 0) is 38.8 Å². The zero-order valence-electron chi connectivity index (χ0n) is 15.6. The maximum absolute atomic E-state index is 4.72. The smallest absolute Gasteiger partial charge is 0.0786 e. The monoisotopic (exact) mass is 337 g/mol. The summed E-state index contributed by atoms with van der Waals surface area (Å²) in [4.78, 5) is 4.72. The largest absolute Gasteiger partial charge is 0.256 e. The van der Waals surface area contributed by atoms with Crippen LogP contribution in [0.5, 0.6) is 0 Å². The van der Waals surface area contributed by atoms with Crippen molar-refractivity contribution >= 4 is 27.6 Å². The van der Waals surface area contributed by atoms with Gasteiger partial charge in [-0.25, -0.2) is 0 Å². The summed E-state index contributed by atoms with van der Waals surface area (Å²) in [5.41, 5.74) is 4.73. The molecule has 1 heteroatoms. The van der Waals surface area contributed by atoms with Crippen LogP contribution >= 0.6 is 0 Å². The highest BCUT2D eigenvalue weighted by atomic mass is 14.7. The molecule has 0 saturated heterocycles. The molecule has 1 aromatic heterocycles. The summed E-state index contributed by atoms with van der Waals surface area (Å²) >= 11 is 0. The number of aromatic nitrogens is 1. The van der Waals surface area contributed by atoms with Crippen LogP contribution in [0.15, 0.2) is 73.4 Å². The molecule has 128 valence electrons. The first-order chi connectivity index (χ1) is 12.5. The second-order valence-corrected chi connectivity index (χ2v) is 7.76. The van der Waals surface area contributed by atoms with E-state index in [1.807, 2.05) is 18.3 Å². The van der Waals surface area contributed by atoms with Gasteiger partial charge in [0.2, 0.25) is 0 Å². The lowest BCUT2D eigenvalue weighted by Gasteiger charge is -2.22. The minimum absolute atomic E-state index is 0.110. The fraction of sp³-hybridized carbons (Fsp3) is 0.160. The van der Waals surface area contributed by atoms with Crippen LogP contribution in [0.1, 0.15) is 31.9 Å². The molecular weight excluding hydrogens is 314 g/mol. The van der Waals surface area contributed by atoms with Gasteiger partial charge in [0.1, 0.15) is 0 Å². The van der Waals surface area contributed by atoms with Crippen molar-refractivity contribution in [3.63, 3.8) is 0 Å². The van der Waals surface area contributed by atoms with Crippen molar-refractivity contribution in [1.82, 2.24) is 4.98 Å². The molecule has 0 aliphatic rings. The van der Waals surface area contributed by atoms with Crippen molar-refractivity contribution in [3.05, 3.63) is 84.6 Å². The zero-order valence-corrected chi connectivity index (χ0v) is 15.6. The minimum Gasteiger partial charge on any atom is -0.256 e. The molecular formula is C25H23N. The Morgan fingerprint density at radius 1 is 0.769 bits per heavy atom. The Bertz CT molecular complexity index is 1130. The van der Waals surface area contributed by atoms with Crippen LogP contribution in [0.2, 0.25) is 0 Å². The minimum atomic E-state index is 0.110. The number of fused-ring (bicyclic) bond motifs is 3. The average Bonchev–Trinajstić information content (AvgIpc) is 2.66. The second-order valence-electron chi connectivity index (χ2n) is 7.76. The summed E-state index contributed by atoms with van der Waals surface area (Å²) in [6.45, 7) is 10.8. The molecule has 3 aromatic carbocycles. The van der Waals surface area contributed by atoms with E-state index in [1.165, 1.54) is 27.1 Å². The average molecular weight is 337 g/mol. The number of pyridine rings is 1. The lowest BCUT2D eigenvalue weighted by atomic mass is 9.83. The van der Waals surface area contributed by atoms with Crippen molar-refractivity contribution in [2.45, 2.75) is 26.2 Å². The number of rotatable bonds is 2. The van der Waals surface area contributed by atoms with E-state index >= 15 is 0 Å². The Morgan fingerprint density at radius 3 is 2.27 bits per heavy atom. The molecule has 0 saturated carbocycles. The molecule has 26 heavy (non-hydrogen) atoms. The Hall–Kier alpha value is -2.93. The number of hydrogen-bond acceptors (Lipinski definition) is 1. The summed E-state index contributed by atoms with van der Waals surface area (Å²) < 4.78 is 0. The molecule has 0 amide bonds. The highest BCUT2D eigenvalue weighted by Crippen LogP contribution is 2.37. The van der Waals surface area contributed by atoms with E-state index in [1.54, 1.807) is 0 Å². The summed E-state index contributed by atoms with van der Waals surface area (Å²) in [5, 5.41) is 5.04. The molecule has 0 bridgehead atoms. The van der Waals surface area contributed by atoms with Crippen molar-refractivity contribution in [2.24, 2.45) is 0 Å². The van der Waals surface area contributed by atoms with Crippen molar-refractivity contribution in [3.8, 4) is 11.3 Å². The summed E-state index contributed by atoms with van der Waals surface area (Å²) in [6, 6.07) is 21.5. The van der Waals surface area contributed by atoms with E-state index in [2.05, 4.69) is 81.9 Å². The molecule has 0 atom stereocenters. The maximum atomic E-state index is 4.72. The fourth-order valence-electron chi connectivity index (χ4n) is 3.78. The van der Waals surface area contributed by atoms with Gasteiger partial charge in [-0.3, -0.25) is 4.98 Å². The summed E-state index contributed by atoms with van der Waals surface area (Å²) in [7, 11) is 0. The molecule has 0 fully saturated rings. The van der Waals surface area contributed by atoms with Gasteiger partial charge in [-0.1, -0.05) is 88.0 Å². The van der Waals surface area contributed by atoms with Gasteiger partial charge in [0.15, 0.2) is 0 Å². The third-order valence-electron chi connectivity index (χ3n) is 5.05. The van der Waals surface area contributed by atoms with Crippen LogP contribution in [0.25, 0.3) is 38.9 Å². The quantitative estimate of drug-likeness (QED) is 0.359. The Labute approximate surface area is 155 Å². The molecule has 4 aromatic rings. The van der Waals surface area contributed by atoms with Crippen LogP contribution in [0.3, 0.4) is 0 Å². The first-order valence-electron chi connectivity index (χ1n) is 9.03. The van der Waals surface area contributed by atoms with Crippen molar-refractivity contribution < 1.29 is 0 Å². The SMILES string of the molecule is C=Cc1ccccc1-c1nccc2c1ccc1c(C(C)(C)C)cccc12. The van der Waals surface area contributed by atoms with Gasteiger partial charge in [0, 0.05) is 17.1 Å². The van der Waals surface area contributed by atoms with Gasteiger partial charge in [-0.15, -0.1) is 0 Å². The third-order valence-corrected chi connectivity index (χ3v) is 5.05. The first kappa shape index (κ1) is 16.5. The van der Waals surface area contributed by atoms with E-state index in [-0.39, 0.29) is 5.41 Å². The lowest BCUT2D eigenvalue weighted by molar-refractivity contribution is 0.596. The van der Waals surface area contributed by atoms with E-state index < -0.39 is 0 Å². The summed E-state index contributed by atoms with van der Waals surface area (Å²) in [6.07, 6.45) is 3.81. The number of hydrogen-bond donors (Lipinski definition) is 0. The van der Waals surface area contributed by atoms with Gasteiger partial charge < -0.3 is 0 Å². The van der Waals surface area contributed by atoms with Gasteiger partial charge in [0.25, 0.3) is 0 Å². The molecule has 4 rings (SSSR count). The molecule has 0 radical (unpaired) electrons. The maximum Gasteiger partial charge on any atom is 0.0786 e. The molecule has 1 heterocycles. The molecule has 1 nitrogen and oxygen atoms in total. The fourth-order valence-corrected chi connectivity index (χ4v) is 3.78. The second kappa shape index (κ2) is 6.10. The van der Waals surface area contributed by atoms with Crippen LogP contribution in [-0.2, 0) is 5.41 Å². The van der Waals surface area contributed by atoms with E-state index in [4.69, 9.17) is 4.98 Å². The van der Waals surface area contributed by atoms with Gasteiger partial charge in [-0.2, -0.15) is 0 Å². The Kier molecular flexibility index (Phi) is 3.88. The molecule has 0 aliphatic carbocycles. The third kappa shape index (κ3) is 2.61. The normalized spacial score (nSPS) is 11.8. The van der Waals surface area contributed by atoms with Gasteiger partial charge in [0.05, 0.1) is 5.69 Å². The molecule has 0 unspecified atom stereocenters. The summed E-state index contributed by atoms with van der Waals surface area (Å²) in [5.74, 6) is 0. The highest BCUT2D eigenvalue weighted by Gasteiger charge is 2.18. The standard InChI is InChI=1S/C25H23N/c1-5-17-9-6-7-10-18(17)24-22-14-13-21-19(20(22)15-16-26-24)11-8-12-23(21)25(2,3)4/h5-16H,1H2,2-4H3.